The van der Waals surface area contributed by atoms with Crippen molar-refractivity contribution >= 4 is 11.6 Å². The van der Waals surface area contributed by atoms with Crippen LogP contribution in [0.15, 0.2) is 72.8 Å². The van der Waals surface area contributed by atoms with Gasteiger partial charge >= 0.3 is 0 Å². The molecule has 0 aliphatic heterocycles. The number of benzene rings is 3. The average molecular weight is 353 g/mol. The number of carbonyl (C=O) groups excluding carboxylic acids is 1. The summed E-state index contributed by atoms with van der Waals surface area (Å²) in [5, 5.41) is 3.19. The fraction of sp³-hybridized carbons (Fsp3) is 0.240. The number of hydrogen-bond acceptors (Lipinski definition) is 1. The summed E-state index contributed by atoms with van der Waals surface area (Å²) in [4.78, 5) is 13.4. The number of nitrogens with one attached hydrogen (secondary N) is 1. The van der Waals surface area contributed by atoms with E-state index < -0.39 is 0 Å². The Bertz CT molecular complexity index is 990. The molecule has 0 spiro atoms. The van der Waals surface area contributed by atoms with Crippen LogP contribution in [0.2, 0.25) is 0 Å². The maximum atomic E-state index is 13.4. The summed E-state index contributed by atoms with van der Waals surface area (Å²) in [7, 11) is 0. The molecule has 3 aromatic rings. The van der Waals surface area contributed by atoms with Crippen molar-refractivity contribution in [1.82, 2.24) is 0 Å². The molecule has 2 unspecified atom stereocenters. The third-order valence-electron chi connectivity index (χ3n) is 6.37. The summed E-state index contributed by atoms with van der Waals surface area (Å²) >= 11 is 0. The molecule has 134 valence electrons. The molecule has 0 aromatic heterocycles. The number of hydrogen-bond donors (Lipinski definition) is 1. The first-order chi connectivity index (χ1) is 13.1. The van der Waals surface area contributed by atoms with E-state index in [4.69, 9.17) is 0 Å². The van der Waals surface area contributed by atoms with Crippen LogP contribution in [0.4, 0.5) is 5.69 Å². The van der Waals surface area contributed by atoms with E-state index in [2.05, 4.69) is 60.8 Å². The Morgan fingerprint density at radius 3 is 1.89 bits per heavy atom. The summed E-state index contributed by atoms with van der Waals surface area (Å²) in [5.41, 5.74) is 7.48. The highest BCUT2D eigenvalue weighted by Gasteiger charge is 2.50. The topological polar surface area (TPSA) is 29.1 Å². The Hall–Kier alpha value is -2.87. The van der Waals surface area contributed by atoms with Crippen LogP contribution in [-0.4, -0.2) is 5.91 Å². The Kier molecular flexibility index (Phi) is 3.68. The highest BCUT2D eigenvalue weighted by atomic mass is 16.1. The van der Waals surface area contributed by atoms with Crippen molar-refractivity contribution in [3.8, 4) is 0 Å². The lowest BCUT2D eigenvalue weighted by atomic mass is 9.54. The molecular formula is C25H23NO. The van der Waals surface area contributed by atoms with Crippen molar-refractivity contribution in [2.24, 2.45) is 11.8 Å². The number of aryl methyl sites for hydroxylation is 1. The van der Waals surface area contributed by atoms with Gasteiger partial charge in [-0.3, -0.25) is 4.79 Å². The predicted molar refractivity (Wildman–Crippen MR) is 109 cm³/mol. The van der Waals surface area contributed by atoms with Gasteiger partial charge in [0.25, 0.3) is 0 Å². The number of fused-ring (bicyclic) bond motifs is 1. The molecule has 0 radical (unpaired) electrons. The van der Waals surface area contributed by atoms with Crippen LogP contribution < -0.4 is 5.32 Å². The van der Waals surface area contributed by atoms with Crippen molar-refractivity contribution in [2.75, 3.05) is 5.32 Å². The second-order valence-electron chi connectivity index (χ2n) is 7.96. The maximum Gasteiger partial charge on any atom is 0.228 e. The Morgan fingerprint density at radius 2 is 1.33 bits per heavy atom. The van der Waals surface area contributed by atoms with Crippen LogP contribution in [0.1, 0.15) is 46.6 Å². The highest BCUT2D eigenvalue weighted by molar-refractivity contribution is 5.94. The summed E-state index contributed by atoms with van der Waals surface area (Å²) in [5.74, 6) is 0.759. The minimum atomic E-state index is -0.0553. The van der Waals surface area contributed by atoms with E-state index in [0.717, 1.165) is 11.3 Å². The van der Waals surface area contributed by atoms with Gasteiger partial charge in [0, 0.05) is 17.5 Å². The lowest BCUT2D eigenvalue weighted by Crippen LogP contribution is -2.44. The third kappa shape index (κ3) is 2.43. The van der Waals surface area contributed by atoms with Gasteiger partial charge in [0.2, 0.25) is 5.91 Å². The molecule has 2 bridgehead atoms. The molecule has 0 saturated carbocycles. The van der Waals surface area contributed by atoms with Crippen LogP contribution in [0, 0.1) is 18.8 Å². The maximum absolute atomic E-state index is 13.4. The fourth-order valence-corrected chi connectivity index (χ4v) is 5.29. The SMILES string of the molecule is Cc1cccc(NC(=O)C2C3c4ccccc4C(c4ccccc43)C2C)c1. The summed E-state index contributed by atoms with van der Waals surface area (Å²) in [6.07, 6.45) is 0. The van der Waals surface area contributed by atoms with E-state index in [9.17, 15) is 4.79 Å². The Labute approximate surface area is 160 Å². The second-order valence-corrected chi connectivity index (χ2v) is 7.96. The molecule has 2 heteroatoms. The third-order valence-corrected chi connectivity index (χ3v) is 6.37. The van der Waals surface area contributed by atoms with Crippen molar-refractivity contribution in [2.45, 2.75) is 25.7 Å². The van der Waals surface area contributed by atoms with Gasteiger partial charge in [0.15, 0.2) is 0 Å². The molecular weight excluding hydrogens is 330 g/mol. The minimum Gasteiger partial charge on any atom is -0.326 e. The molecule has 3 aromatic carbocycles. The van der Waals surface area contributed by atoms with Gasteiger partial charge in [0.1, 0.15) is 0 Å². The molecule has 2 atom stereocenters. The van der Waals surface area contributed by atoms with Gasteiger partial charge < -0.3 is 5.32 Å². The Balaban J connectivity index is 1.60. The molecule has 1 N–H and O–H groups in total. The number of anilines is 1. The van der Waals surface area contributed by atoms with Crippen LogP contribution >= 0.6 is 0 Å². The van der Waals surface area contributed by atoms with Crippen LogP contribution in [-0.2, 0) is 4.79 Å². The zero-order valence-electron chi connectivity index (χ0n) is 15.6. The van der Waals surface area contributed by atoms with E-state index >= 15 is 0 Å². The van der Waals surface area contributed by atoms with Gasteiger partial charge in [-0.05, 0) is 52.8 Å². The quantitative estimate of drug-likeness (QED) is 0.650. The zero-order chi connectivity index (χ0) is 18.5. The molecule has 0 heterocycles. The number of rotatable bonds is 2. The van der Waals surface area contributed by atoms with Gasteiger partial charge in [-0.15, -0.1) is 0 Å². The smallest absolute Gasteiger partial charge is 0.228 e. The average Bonchev–Trinajstić information content (AvgIpc) is 2.68. The van der Waals surface area contributed by atoms with E-state index in [1.807, 2.05) is 31.2 Å². The largest absolute Gasteiger partial charge is 0.326 e. The molecule has 0 saturated heterocycles. The summed E-state index contributed by atoms with van der Waals surface area (Å²) < 4.78 is 0. The van der Waals surface area contributed by atoms with Crippen molar-refractivity contribution in [3.63, 3.8) is 0 Å². The van der Waals surface area contributed by atoms with E-state index in [-0.39, 0.29) is 29.6 Å². The standard InChI is InChI=1S/C25H23NO/c1-15-8-7-9-17(14-15)26-25(27)23-16(2)22-18-10-3-5-12-20(18)24(23)21-13-6-4-11-19(21)22/h3-14,16,22-24H,1-2H3,(H,26,27). The molecule has 2 nitrogen and oxygen atoms in total. The second kappa shape index (κ2) is 6.09. The lowest BCUT2D eigenvalue weighted by Gasteiger charge is -2.49. The van der Waals surface area contributed by atoms with Crippen molar-refractivity contribution in [3.05, 3.63) is 101 Å². The molecule has 0 fully saturated rings. The van der Waals surface area contributed by atoms with E-state index in [1.165, 1.54) is 22.3 Å². The number of carbonyl (C=O) groups is 1. The zero-order valence-corrected chi connectivity index (χ0v) is 15.6. The summed E-state index contributed by atoms with van der Waals surface area (Å²) in [6.45, 7) is 4.29. The van der Waals surface area contributed by atoms with E-state index in [0.29, 0.717) is 0 Å². The van der Waals surface area contributed by atoms with Gasteiger partial charge in [-0.2, -0.15) is 0 Å². The summed E-state index contributed by atoms with van der Waals surface area (Å²) in [6, 6.07) is 25.4. The molecule has 6 rings (SSSR count). The van der Waals surface area contributed by atoms with Gasteiger partial charge in [-0.1, -0.05) is 67.6 Å². The molecule has 3 aliphatic carbocycles. The van der Waals surface area contributed by atoms with E-state index in [1.54, 1.807) is 0 Å². The van der Waals surface area contributed by atoms with Gasteiger partial charge in [0.05, 0.1) is 5.92 Å². The first kappa shape index (κ1) is 16.3. The minimum absolute atomic E-state index is 0.0553. The first-order valence-corrected chi connectivity index (χ1v) is 9.70. The van der Waals surface area contributed by atoms with Crippen LogP contribution in [0.3, 0.4) is 0 Å². The van der Waals surface area contributed by atoms with Crippen molar-refractivity contribution in [1.29, 1.82) is 0 Å². The predicted octanol–water partition coefficient (Wildman–Crippen LogP) is 5.48. The lowest BCUT2D eigenvalue weighted by molar-refractivity contribution is -0.122. The van der Waals surface area contributed by atoms with Gasteiger partial charge in [-0.25, -0.2) is 0 Å². The molecule has 1 amide bonds. The normalized spacial score (nSPS) is 24.8. The molecule has 3 aliphatic rings. The van der Waals surface area contributed by atoms with Crippen LogP contribution in [0.5, 0.6) is 0 Å². The van der Waals surface area contributed by atoms with Crippen LogP contribution in [0.25, 0.3) is 0 Å². The Morgan fingerprint density at radius 1 is 0.778 bits per heavy atom. The number of amides is 1. The fourth-order valence-electron chi connectivity index (χ4n) is 5.29. The molecule has 27 heavy (non-hydrogen) atoms. The first-order valence-electron chi connectivity index (χ1n) is 9.70. The monoisotopic (exact) mass is 353 g/mol. The van der Waals surface area contributed by atoms with Crippen molar-refractivity contribution < 1.29 is 4.79 Å². The highest BCUT2D eigenvalue weighted by Crippen LogP contribution is 2.58.